The Morgan fingerprint density at radius 3 is 1.53 bits per heavy atom. The van der Waals surface area contributed by atoms with Gasteiger partial charge in [-0.1, -0.05) is 54.4 Å². The van der Waals surface area contributed by atoms with E-state index in [-0.39, 0.29) is 11.6 Å². The van der Waals surface area contributed by atoms with Crippen LogP contribution >= 0.6 is 0 Å². The van der Waals surface area contributed by atoms with Crippen LogP contribution in [-0.4, -0.2) is 34.7 Å². The summed E-state index contributed by atoms with van der Waals surface area (Å²) < 4.78 is 0. The Morgan fingerprint density at radius 1 is 0.882 bits per heavy atom. The molecular weight excluding hydrogens is 210 g/mol. The van der Waals surface area contributed by atoms with Crippen LogP contribution in [0.1, 0.15) is 67.2 Å². The topological polar surface area (TPSA) is 23.5 Å². The molecule has 0 aliphatic heterocycles. The van der Waals surface area contributed by atoms with Gasteiger partial charge in [0.25, 0.3) is 0 Å². The lowest BCUT2D eigenvalue weighted by molar-refractivity contribution is -0.0659. The van der Waals surface area contributed by atoms with Crippen molar-refractivity contribution in [3.05, 3.63) is 0 Å². The van der Waals surface area contributed by atoms with Gasteiger partial charge in [0, 0.05) is 5.54 Å². The lowest BCUT2D eigenvalue weighted by atomic mass is 9.76. The van der Waals surface area contributed by atoms with Gasteiger partial charge in [-0.05, 0) is 31.8 Å². The molecule has 1 N–H and O–H groups in total. The summed E-state index contributed by atoms with van der Waals surface area (Å²) in [5.41, 5.74) is -0.0276. The number of aliphatic hydroxyl groups is 1. The Bertz CT molecular complexity index is 181. The summed E-state index contributed by atoms with van der Waals surface area (Å²) in [7, 11) is 0. The van der Waals surface area contributed by atoms with Gasteiger partial charge in [-0.15, -0.1) is 0 Å². The van der Waals surface area contributed by atoms with Crippen LogP contribution in [0, 0.1) is 5.92 Å². The normalized spacial score (nSPS) is 14.6. The van der Waals surface area contributed by atoms with E-state index in [1.165, 1.54) is 0 Å². The fourth-order valence-electron chi connectivity index (χ4n) is 3.33. The van der Waals surface area contributed by atoms with Crippen LogP contribution in [0.2, 0.25) is 0 Å². The minimum Gasteiger partial charge on any atom is -0.391 e. The molecule has 0 spiro atoms. The van der Waals surface area contributed by atoms with E-state index in [0.29, 0.717) is 5.92 Å². The molecule has 1 unspecified atom stereocenters. The minimum atomic E-state index is -0.201. The summed E-state index contributed by atoms with van der Waals surface area (Å²) in [6, 6.07) is 0. The van der Waals surface area contributed by atoms with Crippen molar-refractivity contribution in [1.29, 1.82) is 0 Å². The molecule has 0 bridgehead atoms. The van der Waals surface area contributed by atoms with E-state index in [1.807, 2.05) is 0 Å². The molecule has 0 aromatic heterocycles. The van der Waals surface area contributed by atoms with E-state index < -0.39 is 0 Å². The highest BCUT2D eigenvalue weighted by molar-refractivity contribution is 4.96. The summed E-state index contributed by atoms with van der Waals surface area (Å²) in [4.78, 5) is 2.45. The van der Waals surface area contributed by atoms with Crippen LogP contribution in [0.4, 0.5) is 0 Å². The highest BCUT2D eigenvalue weighted by atomic mass is 16.3. The van der Waals surface area contributed by atoms with Crippen molar-refractivity contribution in [1.82, 2.24) is 4.90 Å². The quantitative estimate of drug-likeness (QED) is 0.667. The molecule has 17 heavy (non-hydrogen) atoms. The number of likely N-dealkylation sites (N-methyl/N-ethyl adjacent to an activating group) is 1. The standard InChI is InChI=1S/C15H33NO/c1-7-13(8-2)14(17)15(9-3,10-4)16(11-5)12-6/h13-14,17H,7-12H2,1-6H3. The van der Waals surface area contributed by atoms with E-state index in [2.05, 4.69) is 46.4 Å². The van der Waals surface area contributed by atoms with Crippen molar-refractivity contribution < 1.29 is 5.11 Å². The predicted molar refractivity (Wildman–Crippen MR) is 76.3 cm³/mol. The second-order valence-corrected chi connectivity index (χ2v) is 5.00. The fraction of sp³-hybridized carbons (Fsp3) is 1.00. The molecule has 0 saturated carbocycles. The Balaban J connectivity index is 5.15. The molecule has 0 saturated heterocycles. The van der Waals surface area contributed by atoms with Crippen molar-refractivity contribution in [3.8, 4) is 0 Å². The average molecular weight is 243 g/mol. The van der Waals surface area contributed by atoms with Crippen LogP contribution in [0.15, 0.2) is 0 Å². The zero-order valence-corrected chi connectivity index (χ0v) is 12.8. The van der Waals surface area contributed by atoms with E-state index in [4.69, 9.17) is 0 Å². The summed E-state index contributed by atoms with van der Waals surface area (Å²) in [6.07, 6.45) is 4.00. The Kier molecular flexibility index (Phi) is 8.06. The van der Waals surface area contributed by atoms with Crippen LogP contribution in [0.3, 0.4) is 0 Å². The first-order valence-electron chi connectivity index (χ1n) is 7.50. The summed E-state index contributed by atoms with van der Waals surface area (Å²) >= 11 is 0. The lowest BCUT2D eigenvalue weighted by Gasteiger charge is -2.48. The highest BCUT2D eigenvalue weighted by Gasteiger charge is 2.41. The number of aliphatic hydroxyl groups excluding tert-OH is 1. The van der Waals surface area contributed by atoms with Gasteiger partial charge >= 0.3 is 0 Å². The molecule has 0 aromatic carbocycles. The minimum absolute atomic E-state index is 0.0276. The van der Waals surface area contributed by atoms with Gasteiger partial charge < -0.3 is 5.11 Å². The first-order valence-corrected chi connectivity index (χ1v) is 7.50. The van der Waals surface area contributed by atoms with E-state index in [0.717, 1.165) is 38.8 Å². The van der Waals surface area contributed by atoms with Crippen molar-refractivity contribution in [2.24, 2.45) is 5.92 Å². The van der Waals surface area contributed by atoms with Crippen molar-refractivity contribution in [2.45, 2.75) is 78.9 Å². The van der Waals surface area contributed by atoms with Crippen LogP contribution in [-0.2, 0) is 0 Å². The summed E-state index contributed by atoms with van der Waals surface area (Å²) in [6.45, 7) is 15.3. The highest BCUT2D eigenvalue weighted by Crippen LogP contribution is 2.34. The molecule has 2 heteroatoms. The van der Waals surface area contributed by atoms with Gasteiger partial charge in [0.15, 0.2) is 0 Å². The fourth-order valence-corrected chi connectivity index (χ4v) is 3.33. The largest absolute Gasteiger partial charge is 0.391 e. The maximum Gasteiger partial charge on any atom is 0.0751 e. The van der Waals surface area contributed by atoms with Gasteiger partial charge in [-0.3, -0.25) is 4.90 Å². The molecular formula is C15H33NO. The Morgan fingerprint density at radius 2 is 1.29 bits per heavy atom. The average Bonchev–Trinajstić information content (AvgIpc) is 2.37. The summed E-state index contributed by atoms with van der Waals surface area (Å²) in [5.74, 6) is 0.426. The van der Waals surface area contributed by atoms with E-state index in [9.17, 15) is 5.11 Å². The first kappa shape index (κ1) is 16.9. The van der Waals surface area contributed by atoms with E-state index in [1.54, 1.807) is 0 Å². The molecule has 0 aromatic rings. The third kappa shape index (κ3) is 3.45. The number of hydrogen-bond acceptors (Lipinski definition) is 2. The first-order chi connectivity index (χ1) is 8.07. The molecule has 0 heterocycles. The summed E-state index contributed by atoms with van der Waals surface area (Å²) in [5, 5.41) is 10.8. The second-order valence-electron chi connectivity index (χ2n) is 5.00. The lowest BCUT2D eigenvalue weighted by Crippen LogP contribution is -2.58. The smallest absolute Gasteiger partial charge is 0.0751 e. The second kappa shape index (κ2) is 8.10. The van der Waals surface area contributed by atoms with Gasteiger partial charge in [0.1, 0.15) is 0 Å². The van der Waals surface area contributed by atoms with Crippen LogP contribution < -0.4 is 0 Å². The maximum atomic E-state index is 10.8. The third-order valence-electron chi connectivity index (χ3n) is 4.66. The van der Waals surface area contributed by atoms with Crippen molar-refractivity contribution >= 4 is 0 Å². The Hall–Kier alpha value is -0.0800. The molecule has 0 aliphatic carbocycles. The van der Waals surface area contributed by atoms with Gasteiger partial charge in [-0.25, -0.2) is 0 Å². The molecule has 104 valence electrons. The molecule has 0 fully saturated rings. The monoisotopic (exact) mass is 243 g/mol. The van der Waals surface area contributed by atoms with Crippen molar-refractivity contribution in [2.75, 3.05) is 13.1 Å². The van der Waals surface area contributed by atoms with Gasteiger partial charge in [0.05, 0.1) is 6.10 Å². The van der Waals surface area contributed by atoms with Crippen LogP contribution in [0.5, 0.6) is 0 Å². The third-order valence-corrected chi connectivity index (χ3v) is 4.66. The molecule has 0 rings (SSSR count). The van der Waals surface area contributed by atoms with Gasteiger partial charge in [0.2, 0.25) is 0 Å². The number of hydrogen-bond donors (Lipinski definition) is 1. The zero-order chi connectivity index (χ0) is 13.5. The van der Waals surface area contributed by atoms with E-state index >= 15 is 0 Å². The molecule has 0 amide bonds. The molecule has 2 nitrogen and oxygen atoms in total. The molecule has 1 atom stereocenters. The maximum absolute atomic E-state index is 10.8. The molecule has 0 radical (unpaired) electrons. The predicted octanol–water partition coefficient (Wildman–Crippen LogP) is 3.68. The number of rotatable bonds is 9. The molecule has 0 aliphatic rings. The number of nitrogens with zero attached hydrogens (tertiary/aromatic N) is 1. The van der Waals surface area contributed by atoms with Gasteiger partial charge in [-0.2, -0.15) is 0 Å². The van der Waals surface area contributed by atoms with Crippen molar-refractivity contribution in [3.63, 3.8) is 0 Å². The van der Waals surface area contributed by atoms with Crippen LogP contribution in [0.25, 0.3) is 0 Å². The SMILES string of the molecule is CCC(CC)C(O)C(CC)(CC)N(CC)CC. The Labute approximate surface area is 108 Å². The zero-order valence-electron chi connectivity index (χ0n) is 12.8.